The second-order valence-electron chi connectivity index (χ2n) is 7.34. The number of rotatable bonds is 3. The molecule has 122 valence electrons. The number of hydrogen-bond donors (Lipinski definition) is 1. The topological polar surface area (TPSA) is 26.7 Å². The Labute approximate surface area is 134 Å². The highest BCUT2D eigenvalue weighted by Crippen LogP contribution is 2.42. The van der Waals surface area contributed by atoms with Crippen LogP contribution in [0.25, 0.3) is 0 Å². The summed E-state index contributed by atoms with van der Waals surface area (Å²) in [6, 6.07) is 8.51. The fourth-order valence-electron chi connectivity index (χ4n) is 4.11. The zero-order valence-electron chi connectivity index (χ0n) is 14.1. The minimum Gasteiger partial charge on any atom is -0.385 e. The van der Waals surface area contributed by atoms with Crippen molar-refractivity contribution < 1.29 is 5.11 Å². The number of likely N-dealkylation sites (N-methyl/N-ethyl adjacent to an activating group) is 1. The molecule has 2 aliphatic rings. The van der Waals surface area contributed by atoms with Crippen molar-refractivity contribution in [1.29, 1.82) is 0 Å². The van der Waals surface area contributed by atoms with E-state index in [1.54, 1.807) is 0 Å². The van der Waals surface area contributed by atoms with Gasteiger partial charge < -0.3 is 14.9 Å². The molecular weight excluding hydrogens is 272 g/mol. The smallest absolute Gasteiger partial charge is 0.0936 e. The highest BCUT2D eigenvalue weighted by Gasteiger charge is 2.41. The van der Waals surface area contributed by atoms with Crippen LogP contribution in [0.1, 0.15) is 36.8 Å². The van der Waals surface area contributed by atoms with Crippen molar-refractivity contribution in [2.75, 3.05) is 39.8 Å². The average molecular weight is 302 g/mol. The quantitative estimate of drug-likeness (QED) is 0.930. The first kappa shape index (κ1) is 16.0. The molecule has 1 aliphatic heterocycles. The molecular formula is C19H30N2O. The fourth-order valence-corrected chi connectivity index (χ4v) is 4.11. The van der Waals surface area contributed by atoms with Crippen molar-refractivity contribution in [3.63, 3.8) is 0 Å². The van der Waals surface area contributed by atoms with Gasteiger partial charge in [0.1, 0.15) is 0 Å². The number of aliphatic hydroxyl groups is 1. The van der Waals surface area contributed by atoms with E-state index in [1.807, 2.05) is 0 Å². The van der Waals surface area contributed by atoms with Gasteiger partial charge in [0.2, 0.25) is 0 Å². The van der Waals surface area contributed by atoms with Gasteiger partial charge in [0, 0.05) is 38.6 Å². The van der Waals surface area contributed by atoms with E-state index in [2.05, 4.69) is 48.0 Å². The minimum absolute atomic E-state index is 0.367. The van der Waals surface area contributed by atoms with E-state index < -0.39 is 5.60 Å². The van der Waals surface area contributed by atoms with E-state index in [-0.39, 0.29) is 0 Å². The van der Waals surface area contributed by atoms with Crippen LogP contribution in [-0.2, 0) is 5.60 Å². The summed E-state index contributed by atoms with van der Waals surface area (Å²) >= 11 is 0. The molecule has 0 aromatic heterocycles. The van der Waals surface area contributed by atoms with Crippen LogP contribution in [0.2, 0.25) is 0 Å². The van der Waals surface area contributed by atoms with Crippen LogP contribution >= 0.6 is 0 Å². The number of piperazine rings is 1. The number of aryl methyl sites for hydroxylation is 1. The molecule has 3 rings (SSSR count). The van der Waals surface area contributed by atoms with Gasteiger partial charge in [-0.3, -0.25) is 0 Å². The van der Waals surface area contributed by atoms with Crippen LogP contribution < -0.4 is 0 Å². The molecule has 1 saturated carbocycles. The lowest BCUT2D eigenvalue weighted by atomic mass is 9.71. The van der Waals surface area contributed by atoms with Crippen molar-refractivity contribution in [2.24, 2.45) is 5.92 Å². The molecule has 1 saturated heterocycles. The van der Waals surface area contributed by atoms with E-state index in [1.165, 1.54) is 12.0 Å². The van der Waals surface area contributed by atoms with E-state index in [9.17, 15) is 5.11 Å². The van der Waals surface area contributed by atoms with E-state index in [0.29, 0.717) is 5.92 Å². The standard InChI is InChI=1S/C19H30N2O/c1-16-6-5-8-17(14-16)19(22)9-4-3-7-18(19)15-21-12-10-20(2)11-13-21/h5-6,8,14,18,22H,3-4,7,9-13,15H2,1-2H3. The Morgan fingerprint density at radius 2 is 1.95 bits per heavy atom. The van der Waals surface area contributed by atoms with E-state index in [4.69, 9.17) is 0 Å². The first-order valence-corrected chi connectivity index (χ1v) is 8.78. The lowest BCUT2D eigenvalue weighted by Gasteiger charge is -2.44. The molecule has 1 aromatic carbocycles. The summed E-state index contributed by atoms with van der Waals surface area (Å²) < 4.78 is 0. The Morgan fingerprint density at radius 3 is 2.68 bits per heavy atom. The molecule has 1 aromatic rings. The fraction of sp³-hybridized carbons (Fsp3) is 0.684. The summed E-state index contributed by atoms with van der Waals surface area (Å²) in [5, 5.41) is 11.5. The Kier molecular flexibility index (Phi) is 4.86. The third-order valence-corrected chi connectivity index (χ3v) is 5.63. The van der Waals surface area contributed by atoms with Crippen molar-refractivity contribution in [2.45, 2.75) is 38.2 Å². The molecule has 2 atom stereocenters. The third kappa shape index (κ3) is 3.37. The predicted molar refractivity (Wildman–Crippen MR) is 91.0 cm³/mol. The summed E-state index contributed by atoms with van der Waals surface area (Å²) in [6.45, 7) is 7.72. The monoisotopic (exact) mass is 302 g/mol. The lowest BCUT2D eigenvalue weighted by Crippen LogP contribution is -2.50. The molecule has 22 heavy (non-hydrogen) atoms. The second kappa shape index (κ2) is 6.69. The Hall–Kier alpha value is -0.900. The summed E-state index contributed by atoms with van der Waals surface area (Å²) in [6.07, 6.45) is 4.46. The van der Waals surface area contributed by atoms with E-state index in [0.717, 1.165) is 57.5 Å². The molecule has 0 amide bonds. The largest absolute Gasteiger partial charge is 0.385 e. The summed E-state index contributed by atoms with van der Waals surface area (Å²) in [5.41, 5.74) is 1.74. The van der Waals surface area contributed by atoms with Gasteiger partial charge in [0.05, 0.1) is 5.60 Å². The average Bonchev–Trinajstić information content (AvgIpc) is 2.52. The van der Waals surface area contributed by atoms with Gasteiger partial charge in [-0.25, -0.2) is 0 Å². The van der Waals surface area contributed by atoms with Gasteiger partial charge in [0.15, 0.2) is 0 Å². The molecule has 2 unspecified atom stereocenters. The summed E-state index contributed by atoms with van der Waals surface area (Å²) in [7, 11) is 2.20. The van der Waals surface area contributed by atoms with Gasteiger partial charge in [-0.2, -0.15) is 0 Å². The van der Waals surface area contributed by atoms with E-state index >= 15 is 0 Å². The molecule has 0 spiro atoms. The number of hydrogen-bond acceptors (Lipinski definition) is 3. The molecule has 2 fully saturated rings. The molecule has 0 bridgehead atoms. The zero-order chi connectivity index (χ0) is 15.6. The molecule has 1 aliphatic carbocycles. The number of benzene rings is 1. The highest BCUT2D eigenvalue weighted by molar-refractivity contribution is 5.28. The van der Waals surface area contributed by atoms with Crippen LogP contribution in [0, 0.1) is 12.8 Å². The first-order valence-electron chi connectivity index (χ1n) is 8.78. The van der Waals surface area contributed by atoms with Gasteiger partial charge >= 0.3 is 0 Å². The highest BCUT2D eigenvalue weighted by atomic mass is 16.3. The van der Waals surface area contributed by atoms with Gasteiger partial charge in [0.25, 0.3) is 0 Å². The molecule has 1 N–H and O–H groups in total. The third-order valence-electron chi connectivity index (χ3n) is 5.63. The Bertz CT molecular complexity index is 496. The maximum atomic E-state index is 11.5. The van der Waals surface area contributed by atoms with Crippen molar-refractivity contribution >= 4 is 0 Å². The SMILES string of the molecule is Cc1cccc(C2(O)CCCCC2CN2CCN(C)CC2)c1. The van der Waals surface area contributed by atoms with Gasteiger partial charge in [-0.1, -0.05) is 42.7 Å². The Balaban J connectivity index is 1.75. The molecule has 3 heteroatoms. The van der Waals surface area contributed by atoms with Crippen molar-refractivity contribution in [1.82, 2.24) is 9.80 Å². The maximum absolute atomic E-state index is 11.5. The van der Waals surface area contributed by atoms with Gasteiger partial charge in [-0.05, 0) is 32.4 Å². The van der Waals surface area contributed by atoms with Crippen molar-refractivity contribution in [3.05, 3.63) is 35.4 Å². The number of nitrogens with zero attached hydrogens (tertiary/aromatic N) is 2. The zero-order valence-corrected chi connectivity index (χ0v) is 14.1. The lowest BCUT2D eigenvalue weighted by molar-refractivity contribution is -0.0684. The maximum Gasteiger partial charge on any atom is 0.0936 e. The summed E-state index contributed by atoms with van der Waals surface area (Å²) in [4.78, 5) is 4.95. The first-order chi connectivity index (χ1) is 10.6. The van der Waals surface area contributed by atoms with Crippen LogP contribution in [0.15, 0.2) is 24.3 Å². The van der Waals surface area contributed by atoms with Gasteiger partial charge in [-0.15, -0.1) is 0 Å². The minimum atomic E-state index is -0.631. The van der Waals surface area contributed by atoms with Crippen LogP contribution in [-0.4, -0.2) is 54.7 Å². The molecule has 1 heterocycles. The second-order valence-corrected chi connectivity index (χ2v) is 7.34. The molecule has 0 radical (unpaired) electrons. The predicted octanol–water partition coefficient (Wildman–Crippen LogP) is 2.62. The molecule has 3 nitrogen and oxygen atoms in total. The van der Waals surface area contributed by atoms with Crippen LogP contribution in [0.4, 0.5) is 0 Å². The normalized spacial score (nSPS) is 31.3. The van der Waals surface area contributed by atoms with Crippen LogP contribution in [0.3, 0.4) is 0 Å². The van der Waals surface area contributed by atoms with Crippen molar-refractivity contribution in [3.8, 4) is 0 Å². The summed E-state index contributed by atoms with van der Waals surface area (Å²) in [5.74, 6) is 0.367. The van der Waals surface area contributed by atoms with Crippen LogP contribution in [0.5, 0.6) is 0 Å². The Morgan fingerprint density at radius 1 is 1.18 bits per heavy atom.